The van der Waals surface area contributed by atoms with Crippen LogP contribution in [0.5, 0.6) is 5.75 Å². The number of halogens is 4. The Morgan fingerprint density at radius 1 is 1.35 bits per heavy atom. The van der Waals surface area contributed by atoms with Gasteiger partial charge >= 0.3 is 0 Å². The molecule has 0 atom stereocenters. The Hall–Kier alpha value is -1.06. The summed E-state index contributed by atoms with van der Waals surface area (Å²) in [4.78, 5) is 4.18. The maximum absolute atomic E-state index is 13.2. The molecule has 0 aliphatic heterocycles. The van der Waals surface area contributed by atoms with Crippen molar-refractivity contribution < 1.29 is 9.13 Å². The highest BCUT2D eigenvalue weighted by atomic mass is 127. The molecule has 0 spiro atoms. The van der Waals surface area contributed by atoms with Gasteiger partial charge in [0.05, 0.1) is 18.7 Å². The Bertz CT molecular complexity index is 715. The predicted molar refractivity (Wildman–Crippen MR) is 106 cm³/mol. The van der Waals surface area contributed by atoms with Crippen LogP contribution in [0.3, 0.4) is 0 Å². The lowest BCUT2D eigenvalue weighted by molar-refractivity contribution is 0.415. The lowest BCUT2D eigenvalue weighted by Gasteiger charge is -2.09. The molecule has 0 aliphatic carbocycles. The van der Waals surface area contributed by atoms with Gasteiger partial charge < -0.3 is 15.8 Å². The summed E-state index contributed by atoms with van der Waals surface area (Å²) in [5.74, 6) is 0.464. The van der Waals surface area contributed by atoms with Gasteiger partial charge in [-0.15, -0.1) is 24.0 Å². The van der Waals surface area contributed by atoms with E-state index in [1.54, 1.807) is 31.4 Å². The standard InChI is InChI=1S/C15H14BrClFN3O.HI/c1-22-14-5-3-11(7-13(14)17)21-15(19)20-8-9-6-10(18)2-4-12(9)16;/h2-7H,8H2,1H3,(H3,19,20,21);1H. The SMILES string of the molecule is COc1ccc(NC(N)=NCc2cc(F)ccc2Br)cc1Cl.I. The summed E-state index contributed by atoms with van der Waals surface area (Å²) in [6.07, 6.45) is 0. The third-order valence-electron chi connectivity index (χ3n) is 2.85. The summed E-state index contributed by atoms with van der Waals surface area (Å²) >= 11 is 9.37. The van der Waals surface area contributed by atoms with Crippen LogP contribution in [0.2, 0.25) is 5.02 Å². The first-order chi connectivity index (χ1) is 10.5. The number of methoxy groups -OCH3 is 1. The van der Waals surface area contributed by atoms with E-state index in [2.05, 4.69) is 26.2 Å². The highest BCUT2D eigenvalue weighted by molar-refractivity contribution is 14.0. The molecule has 3 N–H and O–H groups in total. The normalized spacial score (nSPS) is 10.9. The van der Waals surface area contributed by atoms with E-state index < -0.39 is 0 Å². The van der Waals surface area contributed by atoms with Crippen LogP contribution in [-0.2, 0) is 6.54 Å². The number of aliphatic imine (C=N–C) groups is 1. The van der Waals surface area contributed by atoms with Crippen molar-refractivity contribution in [2.24, 2.45) is 10.7 Å². The van der Waals surface area contributed by atoms with Crippen LogP contribution in [0.15, 0.2) is 45.9 Å². The predicted octanol–water partition coefficient (Wildman–Crippen LogP) is 4.80. The average molecular weight is 515 g/mol. The molecule has 0 aromatic heterocycles. The van der Waals surface area contributed by atoms with Gasteiger partial charge in [-0.25, -0.2) is 9.38 Å². The van der Waals surface area contributed by atoms with Crippen LogP contribution in [0.4, 0.5) is 10.1 Å². The lowest BCUT2D eigenvalue weighted by Crippen LogP contribution is -2.22. The van der Waals surface area contributed by atoms with E-state index in [0.717, 1.165) is 4.47 Å². The number of nitrogens with zero attached hydrogens (tertiary/aromatic N) is 1. The number of hydrogen-bond donors (Lipinski definition) is 2. The highest BCUT2D eigenvalue weighted by Crippen LogP contribution is 2.27. The number of ether oxygens (including phenoxy) is 1. The molecule has 4 nitrogen and oxygen atoms in total. The number of nitrogens with one attached hydrogen (secondary N) is 1. The fourth-order valence-corrected chi connectivity index (χ4v) is 2.40. The molecule has 0 amide bonds. The zero-order chi connectivity index (χ0) is 16.1. The van der Waals surface area contributed by atoms with E-state index in [9.17, 15) is 4.39 Å². The quantitative estimate of drug-likeness (QED) is 0.350. The van der Waals surface area contributed by atoms with Crippen LogP contribution in [0, 0.1) is 5.82 Å². The molecule has 23 heavy (non-hydrogen) atoms. The molecule has 0 saturated heterocycles. The molecule has 2 rings (SSSR count). The van der Waals surface area contributed by atoms with Crippen molar-refractivity contribution in [3.05, 3.63) is 57.3 Å². The first-order valence-electron chi connectivity index (χ1n) is 6.34. The van der Waals surface area contributed by atoms with Crippen molar-refractivity contribution in [3.63, 3.8) is 0 Å². The Labute approximate surface area is 164 Å². The summed E-state index contributed by atoms with van der Waals surface area (Å²) in [5, 5.41) is 3.38. The van der Waals surface area contributed by atoms with Crippen LogP contribution in [0.25, 0.3) is 0 Å². The maximum atomic E-state index is 13.2. The van der Waals surface area contributed by atoms with Gasteiger partial charge in [0.15, 0.2) is 5.96 Å². The summed E-state index contributed by atoms with van der Waals surface area (Å²) in [5.41, 5.74) is 7.21. The zero-order valence-corrected chi connectivity index (χ0v) is 16.8. The summed E-state index contributed by atoms with van der Waals surface area (Å²) < 4.78 is 19.0. The second-order valence-corrected chi connectivity index (χ2v) is 5.67. The molecular weight excluding hydrogens is 499 g/mol. The second kappa shape index (κ2) is 9.29. The number of rotatable bonds is 4. The summed E-state index contributed by atoms with van der Waals surface area (Å²) in [6.45, 7) is 0.251. The monoisotopic (exact) mass is 513 g/mol. The van der Waals surface area contributed by atoms with Crippen LogP contribution >= 0.6 is 51.5 Å². The van der Waals surface area contributed by atoms with Gasteiger partial charge in [-0.05, 0) is 42.0 Å². The molecule has 2 aromatic rings. The average Bonchev–Trinajstić information content (AvgIpc) is 2.48. The van der Waals surface area contributed by atoms with Crippen LogP contribution < -0.4 is 15.8 Å². The molecule has 0 radical (unpaired) electrons. The van der Waals surface area contributed by atoms with Crippen molar-refractivity contribution in [2.45, 2.75) is 6.54 Å². The minimum atomic E-state index is -0.318. The van der Waals surface area contributed by atoms with Crippen LogP contribution in [-0.4, -0.2) is 13.1 Å². The molecule has 0 heterocycles. The molecule has 8 heteroatoms. The zero-order valence-electron chi connectivity index (χ0n) is 12.1. The molecular formula is C15H15BrClFIN3O. The van der Waals surface area contributed by atoms with E-state index in [1.807, 2.05) is 0 Å². The topological polar surface area (TPSA) is 59.6 Å². The molecule has 0 bridgehead atoms. The van der Waals surface area contributed by atoms with Crippen molar-refractivity contribution >= 4 is 63.2 Å². The summed E-state index contributed by atoms with van der Waals surface area (Å²) in [7, 11) is 1.54. The number of anilines is 1. The van der Waals surface area contributed by atoms with Gasteiger partial charge in [-0.1, -0.05) is 27.5 Å². The Kier molecular flexibility index (Phi) is 8.07. The van der Waals surface area contributed by atoms with E-state index in [1.165, 1.54) is 12.1 Å². The van der Waals surface area contributed by atoms with Gasteiger partial charge in [0.1, 0.15) is 11.6 Å². The van der Waals surface area contributed by atoms with Gasteiger partial charge in [0.25, 0.3) is 0 Å². The molecule has 0 unspecified atom stereocenters. The number of nitrogens with two attached hydrogens (primary N) is 1. The Balaban J connectivity index is 0.00000264. The van der Waals surface area contributed by atoms with Crippen molar-refractivity contribution in [1.82, 2.24) is 0 Å². The van der Waals surface area contributed by atoms with Crippen molar-refractivity contribution in [2.75, 3.05) is 12.4 Å². The molecule has 124 valence electrons. The maximum Gasteiger partial charge on any atom is 0.193 e. The Morgan fingerprint density at radius 3 is 2.74 bits per heavy atom. The van der Waals surface area contributed by atoms with Gasteiger partial charge in [0.2, 0.25) is 0 Å². The summed E-state index contributed by atoms with van der Waals surface area (Å²) in [6, 6.07) is 9.59. The first-order valence-corrected chi connectivity index (χ1v) is 7.51. The number of benzene rings is 2. The lowest BCUT2D eigenvalue weighted by atomic mass is 10.2. The highest BCUT2D eigenvalue weighted by Gasteiger charge is 2.04. The van der Waals surface area contributed by atoms with Crippen molar-refractivity contribution in [3.8, 4) is 5.75 Å². The van der Waals surface area contributed by atoms with Gasteiger partial charge in [-0.2, -0.15) is 0 Å². The van der Waals surface area contributed by atoms with E-state index >= 15 is 0 Å². The van der Waals surface area contributed by atoms with Gasteiger partial charge in [0, 0.05) is 10.2 Å². The fourth-order valence-electron chi connectivity index (χ4n) is 1.77. The molecule has 0 aliphatic rings. The minimum absolute atomic E-state index is 0. The van der Waals surface area contributed by atoms with Crippen LogP contribution in [0.1, 0.15) is 5.56 Å². The first kappa shape index (κ1) is 20.0. The van der Waals surface area contributed by atoms with E-state index in [-0.39, 0.29) is 42.3 Å². The fraction of sp³-hybridized carbons (Fsp3) is 0.133. The minimum Gasteiger partial charge on any atom is -0.495 e. The second-order valence-electron chi connectivity index (χ2n) is 4.41. The molecule has 2 aromatic carbocycles. The van der Waals surface area contributed by atoms with Crippen molar-refractivity contribution in [1.29, 1.82) is 0 Å². The molecule has 0 saturated carbocycles. The third-order valence-corrected chi connectivity index (χ3v) is 3.92. The third kappa shape index (κ3) is 5.82. The number of hydrogen-bond acceptors (Lipinski definition) is 2. The smallest absolute Gasteiger partial charge is 0.193 e. The van der Waals surface area contributed by atoms with Gasteiger partial charge in [-0.3, -0.25) is 0 Å². The molecule has 0 fully saturated rings. The van der Waals surface area contributed by atoms with E-state index in [4.69, 9.17) is 22.1 Å². The Morgan fingerprint density at radius 2 is 2.09 bits per heavy atom. The van der Waals surface area contributed by atoms with E-state index in [0.29, 0.717) is 22.0 Å². The largest absolute Gasteiger partial charge is 0.495 e. The number of guanidine groups is 1.